The standard InChI is InChI=1S/C21H24FN7O2/c1-13-8-17(31-27-13)10-28-7-6-14(9-23)19(12-28)29-11-18(20(24)30)21(26-29)25-16-4-2-15(22)3-5-16/h2-5,11,14,17,19H,6-8,10,12H2,1H3,(H2,24,30)(H,25,26)/t14-,17?,19+/m1/s1. The Kier molecular flexibility index (Phi) is 5.86. The number of halogens is 1. The molecule has 1 amide bonds. The molecule has 3 atom stereocenters. The maximum atomic E-state index is 13.2. The van der Waals surface area contributed by atoms with Crippen molar-refractivity contribution >= 4 is 23.1 Å². The zero-order chi connectivity index (χ0) is 22.0. The molecule has 1 fully saturated rings. The van der Waals surface area contributed by atoms with E-state index in [2.05, 4.69) is 26.5 Å². The van der Waals surface area contributed by atoms with Gasteiger partial charge in [0.2, 0.25) is 0 Å². The largest absolute Gasteiger partial charge is 0.391 e. The van der Waals surface area contributed by atoms with Crippen LogP contribution in [0.1, 0.15) is 36.2 Å². The molecule has 0 bridgehead atoms. The van der Waals surface area contributed by atoms with E-state index in [1.54, 1.807) is 23.0 Å². The number of oxime groups is 1. The van der Waals surface area contributed by atoms with Crippen LogP contribution in [0.4, 0.5) is 15.9 Å². The Labute approximate surface area is 179 Å². The van der Waals surface area contributed by atoms with Crippen LogP contribution >= 0.6 is 0 Å². The summed E-state index contributed by atoms with van der Waals surface area (Å²) in [6.45, 7) is 4.01. The first-order valence-corrected chi connectivity index (χ1v) is 10.2. The summed E-state index contributed by atoms with van der Waals surface area (Å²) >= 11 is 0. The molecule has 0 aliphatic carbocycles. The van der Waals surface area contributed by atoms with Crippen LogP contribution in [-0.2, 0) is 4.84 Å². The van der Waals surface area contributed by atoms with Crippen LogP contribution in [0.15, 0.2) is 35.6 Å². The number of amides is 1. The topological polar surface area (TPSA) is 122 Å². The van der Waals surface area contributed by atoms with Crippen LogP contribution in [0.2, 0.25) is 0 Å². The number of nitrogens with two attached hydrogens (primary N) is 1. The molecule has 4 rings (SSSR count). The molecule has 0 spiro atoms. The second kappa shape index (κ2) is 8.73. The van der Waals surface area contributed by atoms with Crippen molar-refractivity contribution in [3.05, 3.63) is 41.8 Å². The highest BCUT2D eigenvalue weighted by Gasteiger charge is 2.34. The van der Waals surface area contributed by atoms with Crippen LogP contribution in [0.5, 0.6) is 0 Å². The molecule has 3 N–H and O–H groups in total. The highest BCUT2D eigenvalue weighted by Crippen LogP contribution is 2.30. The third kappa shape index (κ3) is 4.67. The second-order valence-corrected chi connectivity index (χ2v) is 7.98. The van der Waals surface area contributed by atoms with E-state index in [-0.39, 0.29) is 35.3 Å². The van der Waals surface area contributed by atoms with Crippen LogP contribution in [0.25, 0.3) is 0 Å². The zero-order valence-electron chi connectivity index (χ0n) is 17.2. The van der Waals surface area contributed by atoms with E-state index in [0.717, 1.165) is 18.7 Å². The third-order valence-corrected chi connectivity index (χ3v) is 5.62. The van der Waals surface area contributed by atoms with Gasteiger partial charge in [0, 0.05) is 31.4 Å². The van der Waals surface area contributed by atoms with E-state index in [1.165, 1.54) is 12.1 Å². The smallest absolute Gasteiger partial charge is 0.254 e. The summed E-state index contributed by atoms with van der Waals surface area (Å²) in [6.07, 6.45) is 3.06. The normalized spacial score (nSPS) is 23.6. The number of carbonyl (C=O) groups excluding carboxylic acids is 1. The van der Waals surface area contributed by atoms with Crippen molar-refractivity contribution in [3.8, 4) is 6.07 Å². The maximum Gasteiger partial charge on any atom is 0.254 e. The molecule has 1 aromatic carbocycles. The van der Waals surface area contributed by atoms with E-state index in [1.807, 2.05) is 6.92 Å². The lowest BCUT2D eigenvalue weighted by Gasteiger charge is -2.36. The van der Waals surface area contributed by atoms with Crippen molar-refractivity contribution in [1.29, 1.82) is 5.26 Å². The van der Waals surface area contributed by atoms with Crippen molar-refractivity contribution in [2.24, 2.45) is 16.8 Å². The highest BCUT2D eigenvalue weighted by molar-refractivity contribution is 5.98. The molecular weight excluding hydrogens is 401 g/mol. The number of rotatable bonds is 6. The Morgan fingerprint density at radius 2 is 2.19 bits per heavy atom. The number of nitrogens with one attached hydrogen (secondary N) is 1. The van der Waals surface area contributed by atoms with Crippen molar-refractivity contribution in [1.82, 2.24) is 14.7 Å². The summed E-state index contributed by atoms with van der Waals surface area (Å²) in [5.74, 6) is -0.977. The van der Waals surface area contributed by atoms with E-state index in [0.29, 0.717) is 25.2 Å². The number of likely N-dealkylation sites (tertiary alicyclic amines) is 1. The Morgan fingerprint density at radius 3 is 2.84 bits per heavy atom. The van der Waals surface area contributed by atoms with Gasteiger partial charge in [-0.15, -0.1) is 0 Å². The number of carbonyl (C=O) groups is 1. The Hall–Kier alpha value is -3.45. The fourth-order valence-corrected chi connectivity index (χ4v) is 4.04. The summed E-state index contributed by atoms with van der Waals surface area (Å²) in [5, 5.41) is 21.2. The lowest BCUT2D eigenvalue weighted by molar-refractivity contribution is 0.0338. The molecular formula is C21H24FN7O2. The van der Waals surface area contributed by atoms with Gasteiger partial charge < -0.3 is 15.9 Å². The van der Waals surface area contributed by atoms with Gasteiger partial charge in [-0.1, -0.05) is 5.16 Å². The Morgan fingerprint density at radius 1 is 1.42 bits per heavy atom. The van der Waals surface area contributed by atoms with Crippen LogP contribution in [0, 0.1) is 23.1 Å². The van der Waals surface area contributed by atoms with E-state index >= 15 is 0 Å². The molecule has 2 aliphatic heterocycles. The van der Waals surface area contributed by atoms with Crippen LogP contribution in [-0.4, -0.2) is 52.0 Å². The number of piperidine rings is 1. The molecule has 9 nitrogen and oxygen atoms in total. The summed E-state index contributed by atoms with van der Waals surface area (Å²) in [5.41, 5.74) is 7.31. The molecule has 2 aromatic rings. The fourth-order valence-electron chi connectivity index (χ4n) is 4.04. The highest BCUT2D eigenvalue weighted by atomic mass is 19.1. The molecule has 1 unspecified atom stereocenters. The lowest BCUT2D eigenvalue weighted by atomic mass is 9.92. The number of primary amides is 1. The first-order chi connectivity index (χ1) is 14.9. The molecule has 1 saturated heterocycles. The number of anilines is 2. The average Bonchev–Trinajstić information content (AvgIpc) is 3.36. The number of hydrogen-bond acceptors (Lipinski definition) is 7. The quantitative estimate of drug-likeness (QED) is 0.733. The minimum atomic E-state index is -0.635. The molecule has 31 heavy (non-hydrogen) atoms. The third-order valence-electron chi connectivity index (χ3n) is 5.62. The first-order valence-electron chi connectivity index (χ1n) is 10.2. The second-order valence-electron chi connectivity index (χ2n) is 7.98. The number of benzene rings is 1. The van der Waals surface area contributed by atoms with Crippen molar-refractivity contribution < 1.29 is 14.0 Å². The summed E-state index contributed by atoms with van der Waals surface area (Å²) in [6, 6.07) is 7.84. The van der Waals surface area contributed by atoms with E-state index in [9.17, 15) is 14.4 Å². The van der Waals surface area contributed by atoms with Crippen molar-refractivity contribution in [2.45, 2.75) is 31.9 Å². The van der Waals surface area contributed by atoms with Crippen LogP contribution < -0.4 is 11.1 Å². The molecule has 10 heteroatoms. The predicted octanol–water partition coefficient (Wildman–Crippen LogP) is 2.42. The van der Waals surface area contributed by atoms with Gasteiger partial charge in [-0.05, 0) is 44.2 Å². The number of nitriles is 1. The van der Waals surface area contributed by atoms with Gasteiger partial charge >= 0.3 is 0 Å². The van der Waals surface area contributed by atoms with E-state index < -0.39 is 5.91 Å². The van der Waals surface area contributed by atoms with Crippen LogP contribution in [0.3, 0.4) is 0 Å². The molecule has 162 valence electrons. The predicted molar refractivity (Wildman–Crippen MR) is 112 cm³/mol. The minimum absolute atomic E-state index is 0.00814. The molecule has 0 radical (unpaired) electrons. The molecule has 3 heterocycles. The van der Waals surface area contributed by atoms with E-state index in [4.69, 9.17) is 10.6 Å². The first kappa shape index (κ1) is 20.8. The average molecular weight is 425 g/mol. The van der Waals surface area contributed by atoms with Crippen molar-refractivity contribution in [2.75, 3.05) is 25.0 Å². The zero-order valence-corrected chi connectivity index (χ0v) is 17.2. The monoisotopic (exact) mass is 425 g/mol. The van der Waals surface area contributed by atoms with Gasteiger partial charge in [0.25, 0.3) is 5.91 Å². The van der Waals surface area contributed by atoms with Crippen molar-refractivity contribution in [3.63, 3.8) is 0 Å². The van der Waals surface area contributed by atoms with Gasteiger partial charge in [-0.3, -0.25) is 14.4 Å². The fraction of sp³-hybridized carbons (Fsp3) is 0.429. The molecule has 0 saturated carbocycles. The summed E-state index contributed by atoms with van der Waals surface area (Å²) in [7, 11) is 0. The Balaban J connectivity index is 1.54. The van der Waals surface area contributed by atoms with Gasteiger partial charge in [-0.2, -0.15) is 10.4 Å². The molecule has 1 aromatic heterocycles. The lowest BCUT2D eigenvalue weighted by Crippen LogP contribution is -2.44. The number of aromatic nitrogens is 2. The number of nitrogens with zero attached hydrogens (tertiary/aromatic N) is 5. The maximum absolute atomic E-state index is 13.2. The van der Waals surface area contributed by atoms with Gasteiger partial charge in [-0.25, -0.2) is 4.39 Å². The summed E-state index contributed by atoms with van der Waals surface area (Å²) in [4.78, 5) is 19.7. The molecule has 2 aliphatic rings. The van der Waals surface area contributed by atoms with Gasteiger partial charge in [0.05, 0.1) is 23.7 Å². The van der Waals surface area contributed by atoms with Gasteiger partial charge in [0.1, 0.15) is 17.5 Å². The SMILES string of the molecule is CC1=NOC(CN2CC[C@H](C#N)[C@@H](n3cc(C(N)=O)c(Nc4ccc(F)cc4)n3)C2)C1. The summed E-state index contributed by atoms with van der Waals surface area (Å²) < 4.78 is 14.8. The Bertz CT molecular complexity index is 1030. The minimum Gasteiger partial charge on any atom is -0.391 e. The van der Waals surface area contributed by atoms with Gasteiger partial charge in [0.15, 0.2) is 5.82 Å². The number of hydrogen-bond donors (Lipinski definition) is 2.